The number of benzene rings is 8. The second kappa shape index (κ2) is 36.3. The van der Waals surface area contributed by atoms with Crippen molar-refractivity contribution in [2.24, 2.45) is 0 Å². The lowest BCUT2D eigenvalue weighted by Gasteiger charge is -2.32. The average molecular weight is 1390 g/mol. The molecule has 16 heteroatoms. The Kier molecular flexibility index (Phi) is 27.3. The van der Waals surface area contributed by atoms with Crippen LogP contribution >= 0.6 is 38.6 Å². The minimum atomic E-state index is -0.540. The topological polar surface area (TPSA) is 118 Å². The van der Waals surface area contributed by atoms with E-state index in [9.17, 15) is 0 Å². The van der Waals surface area contributed by atoms with Crippen molar-refractivity contribution in [3.8, 4) is 68.1 Å². The van der Waals surface area contributed by atoms with Gasteiger partial charge in [-0.1, -0.05) is 156 Å². The maximum atomic E-state index is 6.44. The summed E-state index contributed by atoms with van der Waals surface area (Å²) >= 11 is 6.38. The van der Waals surface area contributed by atoms with Crippen LogP contribution in [-0.2, 0) is 48.2 Å². The Bertz CT molecular complexity index is 3970. The molecule has 0 N–H and O–H groups in total. The van der Waals surface area contributed by atoms with E-state index < -0.39 is 18.3 Å². The predicted octanol–water partition coefficient (Wildman–Crippen LogP) is 20.8. The van der Waals surface area contributed by atoms with Crippen molar-refractivity contribution in [3.05, 3.63) is 241 Å². The molecule has 0 radical (unpaired) electrons. The molecule has 2 aromatic heterocycles. The summed E-state index contributed by atoms with van der Waals surface area (Å²) in [6.45, 7) is 24.0. The van der Waals surface area contributed by atoms with Gasteiger partial charge in [0.1, 0.15) is 75.7 Å². The highest BCUT2D eigenvalue weighted by atomic mass is 79.9. The Balaban J connectivity index is 0.000000207. The number of hydrogen-bond acceptors (Lipinski definition) is 14. The van der Waals surface area contributed by atoms with Gasteiger partial charge in [0.2, 0.25) is 0 Å². The van der Waals surface area contributed by atoms with Crippen LogP contribution in [-0.4, -0.2) is 54.7 Å². The Morgan fingerprint density at radius 1 is 0.438 bits per heavy atom. The molecule has 0 saturated carbocycles. The summed E-state index contributed by atoms with van der Waals surface area (Å²) < 4.78 is 64.5. The van der Waals surface area contributed by atoms with E-state index in [1.165, 1.54) is 0 Å². The smallest absolute Gasteiger partial charge is 0.493 e. The minimum Gasteiger partial charge on any atom is -0.493 e. The number of thiazole rings is 2. The first-order valence-electron chi connectivity index (χ1n) is 33.4. The van der Waals surface area contributed by atoms with Crippen LogP contribution in [0.3, 0.4) is 0 Å². The summed E-state index contributed by atoms with van der Waals surface area (Å²) in [6.07, 6.45) is 10.4. The molecule has 1 fully saturated rings. The first kappa shape index (κ1) is 72.2. The molecule has 12 nitrogen and oxygen atoms in total. The molecule has 1 saturated heterocycles. The van der Waals surface area contributed by atoms with Gasteiger partial charge in [0, 0.05) is 64.7 Å². The van der Waals surface area contributed by atoms with Crippen LogP contribution < -0.4 is 43.4 Å². The molecule has 1 aliphatic rings. The van der Waals surface area contributed by atoms with Gasteiger partial charge in [-0.05, 0) is 159 Å². The van der Waals surface area contributed by atoms with Gasteiger partial charge < -0.3 is 47.2 Å². The molecule has 10 aromatic rings. The highest BCUT2D eigenvalue weighted by Crippen LogP contribution is 2.41. The monoisotopic (exact) mass is 1390 g/mol. The molecule has 502 valence electrons. The van der Waals surface area contributed by atoms with Crippen LogP contribution in [0.2, 0.25) is 0 Å². The Hall–Kier alpha value is -8.12. The van der Waals surface area contributed by atoms with Gasteiger partial charge in [-0.2, -0.15) is 0 Å². The van der Waals surface area contributed by atoms with Crippen LogP contribution in [0.5, 0.6) is 57.5 Å². The molecule has 0 unspecified atom stereocenters. The van der Waals surface area contributed by atoms with Crippen LogP contribution in [0, 0.1) is 13.8 Å². The number of rotatable bonds is 30. The summed E-state index contributed by atoms with van der Waals surface area (Å²) in [6, 6.07) is 56.9. The molecule has 96 heavy (non-hydrogen) atoms. The van der Waals surface area contributed by atoms with Gasteiger partial charge in [0.05, 0.1) is 43.2 Å². The van der Waals surface area contributed by atoms with Crippen LogP contribution in [0.4, 0.5) is 0 Å². The van der Waals surface area contributed by atoms with Gasteiger partial charge in [0.15, 0.2) is 3.92 Å². The Labute approximate surface area is 585 Å². The standard InChI is InChI=1S/C40H49BO6.C37H39NO4S.C3H2BrNS/c1-8-17-32-35(22-15-23-36(32)45-34-21-14-13-18-29(34)3)42-24-16-25-43-37-27-38(44-28-30-19-11-10-12-20-30)33(26-31(37)9-2)41-46-39(4,5)40(6,7)47-41;1-4-13-30-33(18-11-19-34(30)42-32-17-10-9-14-27(32)3)39-21-12-22-40-35-25-36(41-26-28-15-7-6-8-16-28)31(24-29(35)5-2)37-38-20-23-43-37;4-3-5-1-2-6-3/h10-15,18-23,26-27H,8-9,16-17,24-25,28H2,1-7H3;6-11,14-20,23-25H,4-5,12-13,21-22,26H2,1-3H3;1-2H. The van der Waals surface area contributed by atoms with E-state index in [4.69, 9.17) is 47.2 Å². The summed E-state index contributed by atoms with van der Waals surface area (Å²) in [7, 11) is -0.540. The second-order valence-electron chi connectivity index (χ2n) is 24.2. The van der Waals surface area contributed by atoms with Gasteiger partial charge >= 0.3 is 7.12 Å². The third-order valence-electron chi connectivity index (χ3n) is 16.6. The van der Waals surface area contributed by atoms with Crippen molar-refractivity contribution in [2.75, 3.05) is 26.4 Å². The highest BCUT2D eigenvalue weighted by Gasteiger charge is 2.52. The SMILES string of the molecule is Brc1nccs1.CCCc1c(OCCCOc2cc(OCc3ccccc3)c(-c3nccs3)cc2CC)cccc1Oc1ccccc1C.CCCc1c(OCCCOc2cc(OCc3ccccc3)c(B3OC(C)(C)C(C)(C)O3)cc2CC)cccc1Oc1ccccc1C. The van der Waals surface area contributed by atoms with E-state index in [1.54, 1.807) is 28.9 Å². The van der Waals surface area contributed by atoms with E-state index in [2.05, 4.69) is 144 Å². The molecule has 1 aliphatic heterocycles. The minimum absolute atomic E-state index is 0.429. The number of para-hydroxylation sites is 2. The fourth-order valence-electron chi connectivity index (χ4n) is 10.6. The molecule has 0 atom stereocenters. The number of aryl methyl sites for hydroxylation is 4. The Morgan fingerprint density at radius 3 is 1.30 bits per heavy atom. The molecular weight excluding hydrogens is 1300 g/mol. The quantitative estimate of drug-likeness (QED) is 0.0315. The lowest BCUT2D eigenvalue weighted by Crippen LogP contribution is -2.41. The predicted molar refractivity (Wildman–Crippen MR) is 394 cm³/mol. The highest BCUT2D eigenvalue weighted by molar-refractivity contribution is 9.11. The van der Waals surface area contributed by atoms with Crippen molar-refractivity contribution in [1.82, 2.24) is 9.97 Å². The second-order valence-corrected chi connectivity index (χ2v) is 27.3. The van der Waals surface area contributed by atoms with Crippen LogP contribution in [0.1, 0.15) is 126 Å². The van der Waals surface area contributed by atoms with Crippen LogP contribution in [0.25, 0.3) is 10.6 Å². The Morgan fingerprint density at radius 2 is 0.865 bits per heavy atom. The molecule has 0 spiro atoms. The zero-order valence-electron chi connectivity index (χ0n) is 57.1. The lowest BCUT2D eigenvalue weighted by molar-refractivity contribution is 0.00578. The first-order chi connectivity index (χ1) is 46.7. The van der Waals surface area contributed by atoms with Gasteiger partial charge in [-0.3, -0.25) is 0 Å². The summed E-state index contributed by atoms with van der Waals surface area (Å²) in [5.41, 5.74) is 9.75. The zero-order chi connectivity index (χ0) is 67.7. The van der Waals surface area contributed by atoms with Crippen molar-refractivity contribution in [3.63, 3.8) is 0 Å². The number of aromatic nitrogens is 2. The van der Waals surface area contributed by atoms with E-state index in [0.29, 0.717) is 45.4 Å². The summed E-state index contributed by atoms with van der Waals surface area (Å²) in [4.78, 5) is 8.40. The fourth-order valence-corrected chi connectivity index (χ4v) is 12.1. The van der Waals surface area contributed by atoms with Gasteiger partial charge in [-0.25, -0.2) is 9.97 Å². The molecule has 3 heterocycles. The van der Waals surface area contributed by atoms with E-state index >= 15 is 0 Å². The van der Waals surface area contributed by atoms with Crippen molar-refractivity contribution in [2.45, 2.75) is 145 Å². The molecular formula is C80H90BBrN2O10S2. The largest absolute Gasteiger partial charge is 0.498 e. The molecule has 8 aromatic carbocycles. The molecule has 11 rings (SSSR count). The van der Waals surface area contributed by atoms with E-state index in [1.807, 2.05) is 138 Å². The number of ether oxygens (including phenoxy) is 8. The molecule has 0 amide bonds. The first-order valence-corrected chi connectivity index (χ1v) is 35.9. The average Bonchev–Trinajstić information content (AvgIpc) is 1.61. The van der Waals surface area contributed by atoms with Crippen molar-refractivity contribution < 1.29 is 47.2 Å². The van der Waals surface area contributed by atoms with Gasteiger partial charge in [-0.15, -0.1) is 22.7 Å². The zero-order valence-corrected chi connectivity index (χ0v) is 60.3. The molecule has 0 bridgehead atoms. The third kappa shape index (κ3) is 20.2. The van der Waals surface area contributed by atoms with Crippen molar-refractivity contribution in [1.29, 1.82) is 0 Å². The fraction of sp³-hybridized carbons (Fsp3) is 0.325. The van der Waals surface area contributed by atoms with E-state index in [0.717, 1.165) is 168 Å². The van der Waals surface area contributed by atoms with Crippen molar-refractivity contribution >= 4 is 51.2 Å². The summed E-state index contributed by atoms with van der Waals surface area (Å²) in [5.74, 6) is 8.25. The van der Waals surface area contributed by atoms with E-state index in [-0.39, 0.29) is 0 Å². The van der Waals surface area contributed by atoms with Gasteiger partial charge in [0.25, 0.3) is 0 Å². The summed E-state index contributed by atoms with van der Waals surface area (Å²) in [5, 5.41) is 4.85. The number of nitrogens with zero attached hydrogens (tertiary/aromatic N) is 2. The molecule has 0 aliphatic carbocycles. The maximum Gasteiger partial charge on any atom is 0.498 e. The normalized spacial score (nSPS) is 12.8. The third-order valence-corrected chi connectivity index (χ3v) is 18.7. The van der Waals surface area contributed by atoms with Crippen LogP contribution in [0.15, 0.2) is 197 Å². The lowest BCUT2D eigenvalue weighted by atomic mass is 9.77. The maximum absolute atomic E-state index is 6.44. The number of halogens is 1. The number of hydrogen-bond donors (Lipinski definition) is 0.